The molecule has 0 atom stereocenters. The predicted molar refractivity (Wildman–Crippen MR) is 73.5 cm³/mol. The lowest BCUT2D eigenvalue weighted by atomic mass is 10.2. The normalized spacial score (nSPS) is 10.9. The van der Waals surface area contributed by atoms with Crippen LogP contribution >= 0.6 is 0 Å². The summed E-state index contributed by atoms with van der Waals surface area (Å²) in [7, 11) is -3.38. The SMILES string of the molecule is C=CCCCOCCS(=O)(=O)c1cccc(C#N)c1. The Morgan fingerprint density at radius 2 is 2.16 bits per heavy atom. The molecule has 0 N–H and O–H groups in total. The average Bonchev–Trinajstić information content (AvgIpc) is 2.43. The first-order valence-electron chi connectivity index (χ1n) is 6.01. The molecule has 0 heterocycles. The summed E-state index contributed by atoms with van der Waals surface area (Å²) in [4.78, 5) is 0.168. The van der Waals surface area contributed by atoms with Gasteiger partial charge in [-0.05, 0) is 31.0 Å². The summed E-state index contributed by atoms with van der Waals surface area (Å²) in [6.45, 7) is 4.29. The Bertz CT molecular complexity index is 558. The van der Waals surface area contributed by atoms with Crippen LogP contribution < -0.4 is 0 Å². The Balaban J connectivity index is 2.51. The van der Waals surface area contributed by atoms with E-state index in [0.29, 0.717) is 12.2 Å². The van der Waals surface area contributed by atoms with Gasteiger partial charge in [-0.15, -0.1) is 6.58 Å². The number of hydrogen-bond acceptors (Lipinski definition) is 4. The molecule has 0 spiro atoms. The molecule has 0 aromatic heterocycles. The van der Waals surface area contributed by atoms with Crippen molar-refractivity contribution in [2.24, 2.45) is 0 Å². The molecule has 0 aliphatic carbocycles. The third-order valence-corrected chi connectivity index (χ3v) is 4.19. The summed E-state index contributed by atoms with van der Waals surface area (Å²) in [6.07, 6.45) is 3.50. The van der Waals surface area contributed by atoms with E-state index in [-0.39, 0.29) is 17.3 Å². The van der Waals surface area contributed by atoms with Crippen molar-refractivity contribution < 1.29 is 13.2 Å². The number of rotatable bonds is 8. The molecule has 102 valence electrons. The summed E-state index contributed by atoms with van der Waals surface area (Å²) in [5.41, 5.74) is 0.341. The van der Waals surface area contributed by atoms with Crippen LogP contribution in [0.25, 0.3) is 0 Å². The molecule has 1 rings (SSSR count). The van der Waals surface area contributed by atoms with Gasteiger partial charge in [0.1, 0.15) is 0 Å². The lowest BCUT2D eigenvalue weighted by molar-refractivity contribution is 0.147. The number of sulfone groups is 1. The molecule has 0 aliphatic heterocycles. The molecular formula is C14H17NO3S. The van der Waals surface area contributed by atoms with Gasteiger partial charge in [-0.3, -0.25) is 0 Å². The highest BCUT2D eigenvalue weighted by Crippen LogP contribution is 2.12. The van der Waals surface area contributed by atoms with Crippen molar-refractivity contribution >= 4 is 9.84 Å². The first kappa shape index (κ1) is 15.4. The standard InChI is InChI=1S/C14H17NO3S/c1-2-3-4-8-18-9-10-19(16,17)14-7-5-6-13(11-14)12-15/h2,5-7,11H,1,3-4,8-10H2. The van der Waals surface area contributed by atoms with E-state index in [1.165, 1.54) is 12.1 Å². The quantitative estimate of drug-likeness (QED) is 0.541. The molecule has 0 radical (unpaired) electrons. The Morgan fingerprint density at radius 3 is 2.84 bits per heavy atom. The number of nitrogens with zero attached hydrogens (tertiary/aromatic N) is 1. The lowest BCUT2D eigenvalue weighted by Crippen LogP contribution is -2.13. The minimum Gasteiger partial charge on any atom is -0.380 e. The van der Waals surface area contributed by atoms with Crippen molar-refractivity contribution in [3.63, 3.8) is 0 Å². The number of hydrogen-bond donors (Lipinski definition) is 0. The molecule has 0 aliphatic rings. The van der Waals surface area contributed by atoms with Crippen LogP contribution in [0.2, 0.25) is 0 Å². The molecule has 5 heteroatoms. The number of nitriles is 1. The van der Waals surface area contributed by atoms with E-state index in [9.17, 15) is 8.42 Å². The van der Waals surface area contributed by atoms with E-state index < -0.39 is 9.84 Å². The summed E-state index contributed by atoms with van der Waals surface area (Å²) >= 11 is 0. The van der Waals surface area contributed by atoms with Gasteiger partial charge in [-0.25, -0.2) is 8.42 Å². The first-order chi connectivity index (χ1) is 9.10. The van der Waals surface area contributed by atoms with Gasteiger partial charge in [0.2, 0.25) is 0 Å². The highest BCUT2D eigenvalue weighted by molar-refractivity contribution is 7.91. The molecule has 0 unspecified atom stereocenters. The van der Waals surface area contributed by atoms with Gasteiger partial charge in [0.15, 0.2) is 9.84 Å². The van der Waals surface area contributed by atoms with Crippen LogP contribution in [-0.2, 0) is 14.6 Å². The van der Waals surface area contributed by atoms with Gasteiger partial charge >= 0.3 is 0 Å². The van der Waals surface area contributed by atoms with Gasteiger partial charge in [-0.1, -0.05) is 12.1 Å². The minimum absolute atomic E-state index is 0.0734. The van der Waals surface area contributed by atoms with Crippen LogP contribution in [0.15, 0.2) is 41.8 Å². The summed E-state index contributed by atoms with van der Waals surface area (Å²) in [6, 6.07) is 7.94. The summed E-state index contributed by atoms with van der Waals surface area (Å²) in [5, 5.41) is 8.75. The number of unbranched alkanes of at least 4 members (excludes halogenated alkanes) is 1. The number of ether oxygens (including phenoxy) is 1. The molecule has 0 saturated heterocycles. The van der Waals surface area contributed by atoms with Crippen molar-refractivity contribution in [2.75, 3.05) is 19.0 Å². The third-order valence-electron chi connectivity index (χ3n) is 2.52. The largest absolute Gasteiger partial charge is 0.380 e. The van der Waals surface area contributed by atoms with E-state index in [1.807, 2.05) is 6.07 Å². The van der Waals surface area contributed by atoms with Crippen molar-refractivity contribution in [2.45, 2.75) is 17.7 Å². The van der Waals surface area contributed by atoms with Crippen molar-refractivity contribution in [1.29, 1.82) is 5.26 Å². The zero-order valence-electron chi connectivity index (χ0n) is 10.7. The Labute approximate surface area is 114 Å². The van der Waals surface area contributed by atoms with E-state index in [1.54, 1.807) is 18.2 Å². The fraction of sp³-hybridized carbons (Fsp3) is 0.357. The van der Waals surface area contributed by atoms with Crippen molar-refractivity contribution in [1.82, 2.24) is 0 Å². The zero-order valence-corrected chi connectivity index (χ0v) is 11.5. The van der Waals surface area contributed by atoms with Gasteiger partial charge in [0.05, 0.1) is 28.9 Å². The topological polar surface area (TPSA) is 67.2 Å². The molecule has 0 amide bonds. The average molecular weight is 279 g/mol. The van der Waals surface area contributed by atoms with E-state index in [4.69, 9.17) is 10.00 Å². The Kier molecular flexibility index (Phi) is 6.26. The molecule has 0 bridgehead atoms. The monoisotopic (exact) mass is 279 g/mol. The van der Waals surface area contributed by atoms with Crippen LogP contribution in [0.5, 0.6) is 0 Å². The van der Waals surface area contributed by atoms with Crippen LogP contribution in [0.3, 0.4) is 0 Å². The van der Waals surface area contributed by atoms with Gasteiger partial charge in [-0.2, -0.15) is 5.26 Å². The highest BCUT2D eigenvalue weighted by Gasteiger charge is 2.14. The number of benzene rings is 1. The van der Waals surface area contributed by atoms with Crippen LogP contribution in [0.1, 0.15) is 18.4 Å². The first-order valence-corrected chi connectivity index (χ1v) is 7.67. The molecular weight excluding hydrogens is 262 g/mol. The van der Waals surface area contributed by atoms with Gasteiger partial charge in [0.25, 0.3) is 0 Å². The second kappa shape index (κ2) is 7.72. The Morgan fingerprint density at radius 1 is 1.37 bits per heavy atom. The van der Waals surface area contributed by atoms with Crippen molar-refractivity contribution in [3.05, 3.63) is 42.5 Å². The summed E-state index contributed by atoms with van der Waals surface area (Å²) < 4.78 is 29.2. The van der Waals surface area contributed by atoms with Crippen LogP contribution in [0, 0.1) is 11.3 Å². The number of allylic oxidation sites excluding steroid dienone is 1. The molecule has 4 nitrogen and oxygen atoms in total. The van der Waals surface area contributed by atoms with Crippen LogP contribution in [-0.4, -0.2) is 27.4 Å². The maximum atomic E-state index is 12.0. The Hall–Kier alpha value is -1.64. The van der Waals surface area contributed by atoms with E-state index in [2.05, 4.69) is 6.58 Å². The van der Waals surface area contributed by atoms with Crippen molar-refractivity contribution in [3.8, 4) is 6.07 Å². The molecule has 19 heavy (non-hydrogen) atoms. The van der Waals surface area contributed by atoms with Gasteiger partial charge < -0.3 is 4.74 Å². The highest BCUT2D eigenvalue weighted by atomic mass is 32.2. The lowest BCUT2D eigenvalue weighted by Gasteiger charge is -2.05. The summed E-state index contributed by atoms with van der Waals surface area (Å²) in [5.74, 6) is -0.0734. The fourth-order valence-corrected chi connectivity index (χ4v) is 2.64. The molecule has 0 fully saturated rings. The van der Waals surface area contributed by atoms with Gasteiger partial charge in [0, 0.05) is 6.61 Å². The van der Waals surface area contributed by atoms with Crippen LogP contribution in [0.4, 0.5) is 0 Å². The fourth-order valence-electron chi connectivity index (χ4n) is 1.48. The maximum Gasteiger partial charge on any atom is 0.180 e. The maximum absolute atomic E-state index is 12.0. The third kappa shape index (κ3) is 5.25. The second-order valence-electron chi connectivity index (χ2n) is 4.00. The molecule has 0 saturated carbocycles. The van der Waals surface area contributed by atoms with E-state index >= 15 is 0 Å². The zero-order chi connectivity index (χ0) is 14.1. The smallest absolute Gasteiger partial charge is 0.180 e. The second-order valence-corrected chi connectivity index (χ2v) is 6.11. The van der Waals surface area contributed by atoms with E-state index in [0.717, 1.165) is 12.8 Å². The predicted octanol–water partition coefficient (Wildman–Crippen LogP) is 2.31. The minimum atomic E-state index is -3.38. The molecule has 1 aromatic carbocycles. The molecule has 1 aromatic rings.